The van der Waals surface area contributed by atoms with Crippen LogP contribution in [0.3, 0.4) is 0 Å². The summed E-state index contributed by atoms with van der Waals surface area (Å²) in [5.74, 6) is 0.655. The first-order valence-electron chi connectivity index (χ1n) is 9.98. The molecule has 0 radical (unpaired) electrons. The SMILES string of the molecule is CCOC(=O)C1CCN(c2ccc(S(=O)(=O)N(CC)c3ccccc3)c[nH+]2)CC1. The summed E-state index contributed by atoms with van der Waals surface area (Å²) in [7, 11) is -3.66. The van der Waals surface area contributed by atoms with E-state index in [1.165, 1.54) is 10.5 Å². The van der Waals surface area contributed by atoms with Gasteiger partial charge in [-0.25, -0.2) is 13.4 Å². The van der Waals surface area contributed by atoms with Gasteiger partial charge in [0.2, 0.25) is 0 Å². The molecule has 3 rings (SSSR count). The molecule has 0 unspecified atom stereocenters. The molecule has 0 bridgehead atoms. The van der Waals surface area contributed by atoms with Gasteiger partial charge in [-0.3, -0.25) is 14.0 Å². The minimum atomic E-state index is -3.66. The summed E-state index contributed by atoms with van der Waals surface area (Å²) < 4.78 is 32.6. The smallest absolute Gasteiger partial charge is 0.309 e. The maximum atomic E-state index is 13.1. The minimum absolute atomic E-state index is 0.0603. The molecule has 8 heteroatoms. The molecule has 1 aromatic carbocycles. The zero-order valence-electron chi connectivity index (χ0n) is 16.9. The summed E-state index contributed by atoms with van der Waals surface area (Å²) in [4.78, 5) is 17.3. The third-order valence-corrected chi connectivity index (χ3v) is 7.04. The Hall–Kier alpha value is -2.61. The first kappa shape index (κ1) is 21.1. The molecule has 7 nitrogen and oxygen atoms in total. The van der Waals surface area contributed by atoms with Gasteiger partial charge in [0.25, 0.3) is 15.8 Å². The molecule has 0 aliphatic carbocycles. The Balaban J connectivity index is 1.71. The van der Waals surface area contributed by atoms with Gasteiger partial charge in [-0.05, 0) is 44.9 Å². The van der Waals surface area contributed by atoms with E-state index in [0.717, 1.165) is 31.7 Å². The fraction of sp³-hybridized carbons (Fsp3) is 0.429. The van der Waals surface area contributed by atoms with E-state index in [1.54, 1.807) is 24.3 Å². The number of aromatic nitrogens is 1. The average molecular weight is 419 g/mol. The number of sulfonamides is 1. The van der Waals surface area contributed by atoms with Gasteiger partial charge in [0.1, 0.15) is 11.1 Å². The number of carbonyl (C=O) groups is 1. The van der Waals surface area contributed by atoms with Crippen LogP contribution < -0.4 is 14.2 Å². The molecule has 1 aliphatic heterocycles. The number of para-hydroxylation sites is 1. The minimum Gasteiger partial charge on any atom is -0.466 e. The fourth-order valence-electron chi connectivity index (χ4n) is 3.59. The molecule has 0 atom stereocenters. The predicted molar refractivity (Wildman–Crippen MR) is 111 cm³/mol. The van der Waals surface area contributed by atoms with E-state index in [9.17, 15) is 13.2 Å². The molecule has 1 N–H and O–H groups in total. The van der Waals surface area contributed by atoms with Crippen molar-refractivity contribution in [1.82, 2.24) is 0 Å². The maximum absolute atomic E-state index is 13.1. The van der Waals surface area contributed by atoms with Crippen LogP contribution in [0.25, 0.3) is 0 Å². The summed E-state index contributed by atoms with van der Waals surface area (Å²) in [6.07, 6.45) is 2.99. The van der Waals surface area contributed by atoms with Crippen molar-refractivity contribution in [1.29, 1.82) is 0 Å². The van der Waals surface area contributed by atoms with Crippen LogP contribution in [0.5, 0.6) is 0 Å². The summed E-state index contributed by atoms with van der Waals surface area (Å²) in [6.45, 7) is 5.82. The first-order chi connectivity index (χ1) is 14.0. The van der Waals surface area contributed by atoms with Crippen LogP contribution in [0.4, 0.5) is 11.5 Å². The second-order valence-corrected chi connectivity index (χ2v) is 8.79. The number of nitrogens with zero attached hydrogens (tertiary/aromatic N) is 2. The summed E-state index contributed by atoms with van der Waals surface area (Å²) in [5.41, 5.74) is 0.639. The quantitative estimate of drug-likeness (QED) is 0.646. The number of nitrogens with one attached hydrogen (secondary N) is 1. The number of pyridine rings is 1. The van der Waals surface area contributed by atoms with E-state index in [-0.39, 0.29) is 16.8 Å². The molecule has 2 heterocycles. The lowest BCUT2D eigenvalue weighted by Gasteiger charge is -2.26. The second kappa shape index (κ2) is 9.26. The van der Waals surface area contributed by atoms with Crippen LogP contribution in [0.1, 0.15) is 26.7 Å². The van der Waals surface area contributed by atoms with E-state index in [0.29, 0.717) is 18.8 Å². The van der Waals surface area contributed by atoms with Crippen molar-refractivity contribution in [3.63, 3.8) is 0 Å². The molecule has 0 saturated carbocycles. The van der Waals surface area contributed by atoms with Crippen LogP contribution >= 0.6 is 0 Å². The van der Waals surface area contributed by atoms with Gasteiger partial charge >= 0.3 is 5.97 Å². The molecule has 0 spiro atoms. The third kappa shape index (κ3) is 4.70. The molecule has 29 heavy (non-hydrogen) atoms. The Morgan fingerprint density at radius 2 is 1.83 bits per heavy atom. The van der Waals surface area contributed by atoms with Crippen molar-refractivity contribution in [2.75, 3.05) is 35.4 Å². The first-order valence-corrected chi connectivity index (χ1v) is 11.4. The largest absolute Gasteiger partial charge is 0.466 e. The standard InChI is InChI=1S/C21H27N3O4S/c1-3-24(18-8-6-5-7-9-18)29(26,27)19-10-11-20(22-16-19)23-14-12-17(13-15-23)21(25)28-4-2/h5-11,16-17H,3-4,12-15H2,1-2H3/p+1. The Morgan fingerprint density at radius 3 is 2.38 bits per heavy atom. The number of hydrogen-bond acceptors (Lipinski definition) is 5. The molecule has 1 aromatic heterocycles. The lowest BCUT2D eigenvalue weighted by molar-refractivity contribution is -0.367. The van der Waals surface area contributed by atoms with Crippen molar-refractivity contribution >= 4 is 27.5 Å². The topological polar surface area (TPSA) is 81.1 Å². The molecule has 1 fully saturated rings. The highest BCUT2D eigenvalue weighted by atomic mass is 32.2. The Labute approximate surface area is 172 Å². The van der Waals surface area contributed by atoms with E-state index in [1.807, 2.05) is 32.0 Å². The van der Waals surface area contributed by atoms with Gasteiger partial charge < -0.3 is 4.74 Å². The number of anilines is 2. The lowest BCUT2D eigenvalue weighted by atomic mass is 9.97. The fourth-order valence-corrected chi connectivity index (χ4v) is 5.03. The second-order valence-electron chi connectivity index (χ2n) is 6.93. The highest BCUT2D eigenvalue weighted by molar-refractivity contribution is 7.92. The monoisotopic (exact) mass is 418 g/mol. The number of aromatic amines is 1. The van der Waals surface area contributed by atoms with Crippen molar-refractivity contribution in [3.05, 3.63) is 48.7 Å². The Bertz CT molecular complexity index is 909. The zero-order chi connectivity index (χ0) is 20.9. The molecule has 1 aliphatic rings. The number of H-pyrrole nitrogens is 1. The number of piperidine rings is 1. The Kier molecular flexibility index (Phi) is 6.74. The van der Waals surface area contributed by atoms with Gasteiger partial charge in [0.15, 0.2) is 0 Å². The van der Waals surface area contributed by atoms with Crippen LogP contribution in [0.15, 0.2) is 53.6 Å². The van der Waals surface area contributed by atoms with Crippen LogP contribution in [0, 0.1) is 5.92 Å². The van der Waals surface area contributed by atoms with E-state index in [4.69, 9.17) is 4.74 Å². The van der Waals surface area contributed by atoms with Crippen LogP contribution in [0.2, 0.25) is 0 Å². The normalized spacial score (nSPS) is 15.2. The number of carbonyl (C=O) groups excluding carboxylic acids is 1. The number of hydrogen-bond donors (Lipinski definition) is 0. The predicted octanol–water partition coefficient (Wildman–Crippen LogP) is 2.50. The summed E-state index contributed by atoms with van der Waals surface area (Å²) >= 11 is 0. The molecule has 156 valence electrons. The van der Waals surface area contributed by atoms with Crippen molar-refractivity contribution in [2.45, 2.75) is 31.6 Å². The molecule has 2 aromatic rings. The number of ether oxygens (including phenoxy) is 1. The third-order valence-electron chi connectivity index (χ3n) is 5.14. The number of rotatable bonds is 7. The van der Waals surface area contributed by atoms with E-state index < -0.39 is 10.0 Å². The number of esters is 1. The van der Waals surface area contributed by atoms with Gasteiger partial charge in [-0.2, -0.15) is 0 Å². The van der Waals surface area contributed by atoms with Crippen molar-refractivity contribution in [3.8, 4) is 0 Å². The van der Waals surface area contributed by atoms with Gasteiger partial charge in [-0.15, -0.1) is 0 Å². The van der Waals surface area contributed by atoms with Crippen molar-refractivity contribution < 1.29 is 22.9 Å². The van der Waals surface area contributed by atoms with E-state index >= 15 is 0 Å². The summed E-state index contributed by atoms with van der Waals surface area (Å²) in [5, 5.41) is 0. The molecule has 0 amide bonds. The maximum Gasteiger partial charge on any atom is 0.309 e. The molecule has 1 saturated heterocycles. The van der Waals surface area contributed by atoms with Crippen molar-refractivity contribution in [2.24, 2.45) is 5.92 Å². The van der Waals surface area contributed by atoms with Gasteiger partial charge in [0, 0.05) is 12.6 Å². The highest BCUT2D eigenvalue weighted by Crippen LogP contribution is 2.25. The molecular weight excluding hydrogens is 390 g/mol. The van der Waals surface area contributed by atoms with Gasteiger partial charge in [-0.1, -0.05) is 18.2 Å². The number of benzene rings is 1. The van der Waals surface area contributed by atoms with Crippen LogP contribution in [-0.2, 0) is 19.6 Å². The van der Waals surface area contributed by atoms with E-state index in [2.05, 4.69) is 9.88 Å². The lowest BCUT2D eigenvalue weighted by Crippen LogP contribution is -2.39. The Morgan fingerprint density at radius 1 is 1.14 bits per heavy atom. The average Bonchev–Trinajstić information content (AvgIpc) is 2.75. The summed E-state index contributed by atoms with van der Waals surface area (Å²) in [6, 6.07) is 12.5. The molecular formula is C21H28N3O4S+. The van der Waals surface area contributed by atoms with Gasteiger partial charge in [0.05, 0.1) is 31.3 Å². The highest BCUT2D eigenvalue weighted by Gasteiger charge is 2.31. The van der Waals surface area contributed by atoms with Crippen LogP contribution in [-0.4, -0.2) is 40.6 Å². The zero-order valence-corrected chi connectivity index (χ0v) is 17.7.